The first-order valence-electron chi connectivity index (χ1n) is 8.77. The fourth-order valence-corrected chi connectivity index (χ4v) is 3.38. The zero-order valence-electron chi connectivity index (χ0n) is 15.9. The SMILES string of the molecule is Cc1nn(C)c(Oc2ccc(Cl)cc2)c1-c1noc(C)c1C(=O)N1CC(F)(F)C1. The average Bonchev–Trinajstić information content (AvgIpc) is 3.13. The molecule has 4 rings (SSSR count). The van der Waals surface area contributed by atoms with Crippen LogP contribution in [0.5, 0.6) is 11.6 Å². The number of carbonyl (C=O) groups is 1. The highest BCUT2D eigenvalue weighted by Gasteiger charge is 2.47. The molecule has 152 valence electrons. The number of aryl methyl sites for hydroxylation is 3. The van der Waals surface area contributed by atoms with Gasteiger partial charge in [-0.2, -0.15) is 5.10 Å². The molecule has 1 amide bonds. The molecular weight excluding hydrogens is 406 g/mol. The van der Waals surface area contributed by atoms with Crippen molar-refractivity contribution in [3.8, 4) is 22.9 Å². The van der Waals surface area contributed by atoms with E-state index in [-0.39, 0.29) is 17.0 Å². The first-order chi connectivity index (χ1) is 13.7. The summed E-state index contributed by atoms with van der Waals surface area (Å²) >= 11 is 5.91. The van der Waals surface area contributed by atoms with Crippen molar-refractivity contribution in [2.24, 2.45) is 7.05 Å². The minimum Gasteiger partial charge on any atom is -0.439 e. The summed E-state index contributed by atoms with van der Waals surface area (Å²) in [5.74, 6) is -2.35. The minimum atomic E-state index is -2.87. The number of likely N-dealkylation sites (tertiary alicyclic amines) is 1. The Morgan fingerprint density at radius 1 is 1.24 bits per heavy atom. The van der Waals surface area contributed by atoms with Crippen molar-refractivity contribution in [3.05, 3.63) is 46.3 Å². The van der Waals surface area contributed by atoms with Crippen molar-refractivity contribution in [2.45, 2.75) is 19.8 Å². The van der Waals surface area contributed by atoms with E-state index in [0.717, 1.165) is 4.90 Å². The number of alkyl halides is 2. The highest BCUT2D eigenvalue weighted by atomic mass is 35.5. The van der Waals surface area contributed by atoms with Gasteiger partial charge in [-0.05, 0) is 38.1 Å². The number of carbonyl (C=O) groups excluding carboxylic acids is 1. The normalized spacial score (nSPS) is 15.3. The summed E-state index contributed by atoms with van der Waals surface area (Å²) in [6, 6.07) is 6.74. The van der Waals surface area contributed by atoms with E-state index in [0.29, 0.717) is 27.9 Å². The Morgan fingerprint density at radius 3 is 2.52 bits per heavy atom. The Kier molecular flexibility index (Phi) is 4.57. The van der Waals surface area contributed by atoms with Gasteiger partial charge < -0.3 is 14.2 Å². The number of benzene rings is 1. The van der Waals surface area contributed by atoms with E-state index in [2.05, 4.69) is 10.3 Å². The average molecular weight is 423 g/mol. The van der Waals surface area contributed by atoms with Gasteiger partial charge in [0.15, 0.2) is 0 Å². The predicted octanol–water partition coefficient (Wildman–Crippen LogP) is 4.23. The topological polar surface area (TPSA) is 73.4 Å². The Labute approximate surface area is 169 Å². The van der Waals surface area contributed by atoms with Gasteiger partial charge in [-0.1, -0.05) is 16.8 Å². The Bertz CT molecular complexity index is 1080. The van der Waals surface area contributed by atoms with Gasteiger partial charge in [0.2, 0.25) is 5.88 Å². The summed E-state index contributed by atoms with van der Waals surface area (Å²) in [4.78, 5) is 13.9. The van der Waals surface area contributed by atoms with Crippen molar-refractivity contribution < 1.29 is 22.8 Å². The van der Waals surface area contributed by atoms with E-state index in [4.69, 9.17) is 20.9 Å². The second-order valence-corrected chi connectivity index (χ2v) is 7.36. The van der Waals surface area contributed by atoms with Crippen LogP contribution in [0.25, 0.3) is 11.3 Å². The Balaban J connectivity index is 1.74. The summed E-state index contributed by atoms with van der Waals surface area (Å²) in [7, 11) is 1.69. The fourth-order valence-electron chi connectivity index (χ4n) is 3.25. The lowest BCUT2D eigenvalue weighted by Gasteiger charge is -2.38. The Morgan fingerprint density at radius 2 is 1.90 bits per heavy atom. The van der Waals surface area contributed by atoms with Gasteiger partial charge in [0.05, 0.1) is 24.3 Å². The van der Waals surface area contributed by atoms with E-state index in [1.807, 2.05) is 0 Å². The lowest BCUT2D eigenvalue weighted by molar-refractivity contribution is -0.113. The van der Waals surface area contributed by atoms with Gasteiger partial charge in [0.25, 0.3) is 11.8 Å². The molecule has 10 heteroatoms. The summed E-state index contributed by atoms with van der Waals surface area (Å²) < 4.78 is 39.2. The van der Waals surface area contributed by atoms with Gasteiger partial charge >= 0.3 is 0 Å². The quantitative estimate of drug-likeness (QED) is 0.629. The molecule has 7 nitrogen and oxygen atoms in total. The molecule has 0 atom stereocenters. The van der Waals surface area contributed by atoms with Crippen LogP contribution in [0.1, 0.15) is 21.8 Å². The standard InChI is InChI=1S/C19H17ClF2N4O3/c1-10-14(18(25(3)23-10)28-13-6-4-12(20)5-7-13)16-15(11(2)29-24-16)17(27)26-8-19(21,22)9-26/h4-7H,8-9H2,1-3H3. The van der Waals surface area contributed by atoms with Crippen LogP contribution in [-0.4, -0.2) is 44.8 Å². The zero-order valence-corrected chi connectivity index (χ0v) is 16.6. The van der Waals surface area contributed by atoms with E-state index in [9.17, 15) is 13.6 Å². The maximum Gasteiger partial charge on any atom is 0.282 e. The highest BCUT2D eigenvalue weighted by Crippen LogP contribution is 2.39. The summed E-state index contributed by atoms with van der Waals surface area (Å²) in [6.45, 7) is 2.04. The number of aromatic nitrogens is 3. The lowest BCUT2D eigenvalue weighted by Crippen LogP contribution is -2.58. The molecule has 0 N–H and O–H groups in total. The molecule has 29 heavy (non-hydrogen) atoms. The van der Waals surface area contributed by atoms with Crippen LogP contribution in [0.15, 0.2) is 28.8 Å². The van der Waals surface area contributed by atoms with Crippen LogP contribution in [-0.2, 0) is 7.05 Å². The van der Waals surface area contributed by atoms with Gasteiger partial charge in [-0.3, -0.25) is 4.79 Å². The molecule has 1 fully saturated rings. The van der Waals surface area contributed by atoms with E-state index in [1.54, 1.807) is 45.2 Å². The van der Waals surface area contributed by atoms with Crippen LogP contribution in [0.4, 0.5) is 8.78 Å². The summed E-state index contributed by atoms with van der Waals surface area (Å²) in [6.07, 6.45) is 0. The molecule has 3 aromatic rings. The molecule has 0 bridgehead atoms. The number of hydrogen-bond donors (Lipinski definition) is 0. The second-order valence-electron chi connectivity index (χ2n) is 6.92. The molecule has 2 aromatic heterocycles. The number of ether oxygens (including phenoxy) is 1. The molecule has 1 saturated heterocycles. The molecule has 1 aliphatic rings. The van der Waals surface area contributed by atoms with Gasteiger partial charge in [-0.15, -0.1) is 0 Å². The van der Waals surface area contributed by atoms with Crippen molar-refractivity contribution in [2.75, 3.05) is 13.1 Å². The van der Waals surface area contributed by atoms with Gasteiger partial charge in [-0.25, -0.2) is 13.5 Å². The number of rotatable bonds is 4. The number of amides is 1. The van der Waals surface area contributed by atoms with Gasteiger partial charge in [0.1, 0.15) is 22.8 Å². The molecule has 0 aliphatic carbocycles. The number of halogens is 3. The van der Waals surface area contributed by atoms with Crippen LogP contribution in [0.3, 0.4) is 0 Å². The zero-order chi connectivity index (χ0) is 20.9. The van der Waals surface area contributed by atoms with Gasteiger partial charge in [0, 0.05) is 12.1 Å². The monoisotopic (exact) mass is 422 g/mol. The number of nitrogens with zero attached hydrogens (tertiary/aromatic N) is 4. The van der Waals surface area contributed by atoms with Crippen LogP contribution in [0.2, 0.25) is 5.02 Å². The van der Waals surface area contributed by atoms with Crippen LogP contribution in [0, 0.1) is 13.8 Å². The smallest absolute Gasteiger partial charge is 0.282 e. The van der Waals surface area contributed by atoms with E-state index in [1.165, 1.54) is 4.68 Å². The van der Waals surface area contributed by atoms with Crippen LogP contribution < -0.4 is 4.74 Å². The third-order valence-electron chi connectivity index (χ3n) is 4.64. The fraction of sp³-hybridized carbons (Fsp3) is 0.316. The number of hydrogen-bond acceptors (Lipinski definition) is 5. The molecule has 3 heterocycles. The lowest BCUT2D eigenvalue weighted by atomic mass is 10.0. The predicted molar refractivity (Wildman–Crippen MR) is 101 cm³/mol. The van der Waals surface area contributed by atoms with Crippen LogP contribution >= 0.6 is 11.6 Å². The summed E-state index contributed by atoms with van der Waals surface area (Å²) in [5.41, 5.74) is 1.33. The molecule has 0 spiro atoms. The first kappa shape index (κ1) is 19.4. The van der Waals surface area contributed by atoms with E-state index >= 15 is 0 Å². The third-order valence-corrected chi connectivity index (χ3v) is 4.89. The molecule has 0 saturated carbocycles. The molecule has 0 radical (unpaired) electrons. The van der Waals surface area contributed by atoms with Crippen molar-refractivity contribution in [1.29, 1.82) is 0 Å². The molecular formula is C19H17ClF2N4O3. The third kappa shape index (κ3) is 3.46. The van der Waals surface area contributed by atoms with Crippen molar-refractivity contribution >= 4 is 17.5 Å². The maximum atomic E-state index is 13.2. The first-order valence-corrected chi connectivity index (χ1v) is 9.15. The summed E-state index contributed by atoms with van der Waals surface area (Å²) in [5, 5.41) is 8.92. The maximum absolute atomic E-state index is 13.2. The minimum absolute atomic E-state index is 0.123. The highest BCUT2D eigenvalue weighted by molar-refractivity contribution is 6.30. The second kappa shape index (κ2) is 6.84. The van der Waals surface area contributed by atoms with Crippen molar-refractivity contribution in [3.63, 3.8) is 0 Å². The van der Waals surface area contributed by atoms with E-state index < -0.39 is 24.9 Å². The van der Waals surface area contributed by atoms with Crippen molar-refractivity contribution in [1.82, 2.24) is 19.8 Å². The molecule has 0 unspecified atom stereocenters. The molecule has 1 aromatic carbocycles. The molecule has 1 aliphatic heterocycles. The largest absolute Gasteiger partial charge is 0.439 e. The Hall–Kier alpha value is -2.94.